The number of alkyl halides is 3. The van der Waals surface area contributed by atoms with E-state index >= 15 is 0 Å². The first-order valence-corrected chi connectivity index (χ1v) is 11.0. The SMILES string of the molecule is Cc1nc(-c2ccc(C(F)(F)F)cc2)sc1COc1ccc([C@@H](CC(=O)O)c2cnoc2)cc1. The van der Waals surface area contributed by atoms with Crippen LogP contribution in [0.4, 0.5) is 13.2 Å². The molecule has 0 aliphatic heterocycles. The van der Waals surface area contributed by atoms with Crippen LogP contribution in [0.25, 0.3) is 10.6 Å². The van der Waals surface area contributed by atoms with E-state index in [0.29, 0.717) is 21.9 Å². The van der Waals surface area contributed by atoms with Gasteiger partial charge in [-0.1, -0.05) is 29.4 Å². The van der Waals surface area contributed by atoms with E-state index in [4.69, 9.17) is 9.26 Å². The van der Waals surface area contributed by atoms with Gasteiger partial charge in [0.1, 0.15) is 23.6 Å². The summed E-state index contributed by atoms with van der Waals surface area (Å²) in [6, 6.07) is 12.0. The number of hydrogen-bond acceptors (Lipinski definition) is 6. The fourth-order valence-corrected chi connectivity index (χ4v) is 4.40. The summed E-state index contributed by atoms with van der Waals surface area (Å²) in [4.78, 5) is 16.6. The number of carboxylic acids is 1. The Kier molecular flexibility index (Phi) is 6.69. The van der Waals surface area contributed by atoms with Crippen LogP contribution < -0.4 is 4.74 Å². The third-order valence-electron chi connectivity index (χ3n) is 5.24. The molecule has 1 N–H and O–H groups in total. The Morgan fingerprint density at radius 2 is 1.82 bits per heavy atom. The lowest BCUT2D eigenvalue weighted by molar-refractivity contribution is -0.138. The number of aromatic nitrogens is 2. The summed E-state index contributed by atoms with van der Waals surface area (Å²) in [6.45, 7) is 2.06. The van der Waals surface area contributed by atoms with Crippen LogP contribution in [-0.4, -0.2) is 21.2 Å². The molecular formula is C24H19F3N2O4S. The normalized spacial score (nSPS) is 12.5. The van der Waals surface area contributed by atoms with Crippen LogP contribution in [0, 0.1) is 6.92 Å². The third kappa shape index (κ3) is 5.45. The van der Waals surface area contributed by atoms with Gasteiger partial charge in [-0.2, -0.15) is 13.2 Å². The molecule has 4 aromatic rings. The molecule has 0 saturated heterocycles. The molecule has 176 valence electrons. The van der Waals surface area contributed by atoms with Gasteiger partial charge in [-0.15, -0.1) is 11.3 Å². The fraction of sp³-hybridized carbons (Fsp3) is 0.208. The number of nitrogens with zero attached hydrogens (tertiary/aromatic N) is 2. The molecule has 2 heterocycles. The van der Waals surface area contributed by atoms with Gasteiger partial charge >= 0.3 is 12.1 Å². The van der Waals surface area contributed by atoms with Gasteiger partial charge in [0.05, 0.1) is 28.8 Å². The second kappa shape index (κ2) is 9.68. The Morgan fingerprint density at radius 1 is 1.12 bits per heavy atom. The van der Waals surface area contributed by atoms with Crippen molar-refractivity contribution < 1.29 is 32.3 Å². The van der Waals surface area contributed by atoms with Crippen LogP contribution >= 0.6 is 11.3 Å². The van der Waals surface area contributed by atoms with Gasteiger partial charge in [-0.05, 0) is 36.8 Å². The van der Waals surface area contributed by atoms with Crippen molar-refractivity contribution in [2.75, 3.05) is 0 Å². The standard InChI is InChI=1S/C24H19F3N2O4S/c1-14-21(34-23(29-14)16-2-6-18(7-3-16)24(25,26)27)13-32-19-8-4-15(5-9-19)20(10-22(30)31)17-11-28-33-12-17/h2-9,11-12,20H,10,13H2,1H3,(H,30,31)/t20-/m1/s1. The molecule has 0 bridgehead atoms. The predicted molar refractivity (Wildman–Crippen MR) is 119 cm³/mol. The maximum atomic E-state index is 12.8. The highest BCUT2D eigenvalue weighted by atomic mass is 32.1. The Morgan fingerprint density at radius 3 is 2.41 bits per heavy atom. The highest BCUT2D eigenvalue weighted by Gasteiger charge is 2.30. The lowest BCUT2D eigenvalue weighted by atomic mass is 9.91. The minimum atomic E-state index is -4.38. The van der Waals surface area contributed by atoms with E-state index < -0.39 is 23.6 Å². The highest BCUT2D eigenvalue weighted by Crippen LogP contribution is 2.34. The first-order valence-electron chi connectivity index (χ1n) is 10.2. The molecule has 0 saturated carbocycles. The van der Waals surface area contributed by atoms with E-state index in [1.807, 2.05) is 6.92 Å². The predicted octanol–water partition coefficient (Wildman–Crippen LogP) is 6.31. The molecule has 0 fully saturated rings. The number of aliphatic carboxylic acids is 1. The van der Waals surface area contributed by atoms with E-state index in [-0.39, 0.29) is 13.0 Å². The van der Waals surface area contributed by atoms with Gasteiger partial charge in [0.25, 0.3) is 0 Å². The zero-order chi connectivity index (χ0) is 24.3. The second-order valence-electron chi connectivity index (χ2n) is 7.57. The van der Waals surface area contributed by atoms with Crippen molar-refractivity contribution in [1.82, 2.24) is 10.1 Å². The first kappa shape index (κ1) is 23.5. The molecule has 34 heavy (non-hydrogen) atoms. The van der Waals surface area contributed by atoms with Crippen LogP contribution in [0.1, 0.15) is 39.6 Å². The molecule has 0 radical (unpaired) electrons. The molecule has 10 heteroatoms. The van der Waals surface area contributed by atoms with Crippen molar-refractivity contribution in [3.05, 3.63) is 88.3 Å². The number of thiazole rings is 1. The van der Waals surface area contributed by atoms with Crippen LogP contribution in [0.15, 0.2) is 65.5 Å². The Labute approximate surface area is 196 Å². The molecule has 1 atom stereocenters. The number of aryl methyl sites for hydroxylation is 1. The number of hydrogen-bond donors (Lipinski definition) is 1. The molecule has 6 nitrogen and oxygen atoms in total. The smallest absolute Gasteiger partial charge is 0.416 e. The lowest BCUT2D eigenvalue weighted by Crippen LogP contribution is -2.07. The van der Waals surface area contributed by atoms with Gasteiger partial charge in [-0.25, -0.2) is 4.98 Å². The molecule has 4 rings (SSSR count). The molecule has 2 aromatic carbocycles. The fourth-order valence-electron chi connectivity index (χ4n) is 3.42. The number of halogens is 3. The van der Waals surface area contributed by atoms with Gasteiger partial charge < -0.3 is 14.4 Å². The lowest BCUT2D eigenvalue weighted by Gasteiger charge is -2.14. The van der Waals surface area contributed by atoms with Crippen LogP contribution in [0.5, 0.6) is 5.75 Å². The Balaban J connectivity index is 1.44. The minimum Gasteiger partial charge on any atom is -0.488 e. The van der Waals surface area contributed by atoms with Crippen molar-refractivity contribution in [3.8, 4) is 16.3 Å². The summed E-state index contributed by atoms with van der Waals surface area (Å²) in [5.74, 6) is -0.740. The monoisotopic (exact) mass is 488 g/mol. The topological polar surface area (TPSA) is 85.5 Å². The number of rotatable bonds is 8. The maximum Gasteiger partial charge on any atom is 0.416 e. The summed E-state index contributed by atoms with van der Waals surface area (Å²) >= 11 is 1.36. The maximum absolute atomic E-state index is 12.8. The van der Waals surface area contributed by atoms with Gasteiger partial charge in [0.2, 0.25) is 0 Å². The van der Waals surface area contributed by atoms with Gasteiger partial charge in [0, 0.05) is 17.0 Å². The Bertz CT molecular complexity index is 1250. The largest absolute Gasteiger partial charge is 0.488 e. The van der Waals surface area contributed by atoms with E-state index in [0.717, 1.165) is 28.3 Å². The van der Waals surface area contributed by atoms with Gasteiger partial charge in [0.15, 0.2) is 0 Å². The van der Waals surface area contributed by atoms with Crippen molar-refractivity contribution in [3.63, 3.8) is 0 Å². The summed E-state index contributed by atoms with van der Waals surface area (Å²) < 4.78 is 49.1. The van der Waals surface area contributed by atoms with Crippen molar-refractivity contribution in [1.29, 1.82) is 0 Å². The number of carboxylic acid groups (broad SMARTS) is 1. The molecule has 0 aliphatic rings. The molecular weight excluding hydrogens is 469 g/mol. The Hall–Kier alpha value is -3.66. The van der Waals surface area contributed by atoms with Gasteiger partial charge in [-0.3, -0.25) is 4.79 Å². The molecule has 0 spiro atoms. The zero-order valence-corrected chi connectivity index (χ0v) is 18.7. The van der Waals surface area contributed by atoms with Crippen LogP contribution in [0.2, 0.25) is 0 Å². The van der Waals surface area contributed by atoms with E-state index in [1.54, 1.807) is 24.3 Å². The molecule has 2 aromatic heterocycles. The summed E-state index contributed by atoms with van der Waals surface area (Å²) in [7, 11) is 0. The molecule has 0 unspecified atom stereocenters. The molecule has 0 aliphatic carbocycles. The highest BCUT2D eigenvalue weighted by molar-refractivity contribution is 7.15. The summed E-state index contributed by atoms with van der Waals surface area (Å²) in [6.07, 6.45) is -1.55. The number of benzene rings is 2. The number of ether oxygens (including phenoxy) is 1. The van der Waals surface area contributed by atoms with E-state index in [9.17, 15) is 23.1 Å². The van der Waals surface area contributed by atoms with Crippen molar-refractivity contribution in [2.45, 2.75) is 32.0 Å². The molecule has 0 amide bonds. The van der Waals surface area contributed by atoms with E-state index in [1.165, 1.54) is 35.9 Å². The summed E-state index contributed by atoms with van der Waals surface area (Å²) in [5, 5.41) is 13.5. The van der Waals surface area contributed by atoms with E-state index in [2.05, 4.69) is 10.1 Å². The van der Waals surface area contributed by atoms with Crippen LogP contribution in [0.3, 0.4) is 0 Å². The first-order chi connectivity index (χ1) is 16.2. The summed E-state index contributed by atoms with van der Waals surface area (Å²) in [5.41, 5.74) is 2.11. The third-order valence-corrected chi connectivity index (χ3v) is 6.42. The van der Waals surface area contributed by atoms with Crippen molar-refractivity contribution in [2.24, 2.45) is 0 Å². The second-order valence-corrected chi connectivity index (χ2v) is 8.65. The quantitative estimate of drug-likeness (QED) is 0.313. The average molecular weight is 488 g/mol. The van der Waals surface area contributed by atoms with Crippen molar-refractivity contribution >= 4 is 17.3 Å². The average Bonchev–Trinajstić information content (AvgIpc) is 3.46. The minimum absolute atomic E-state index is 0.103. The number of carbonyl (C=O) groups is 1. The zero-order valence-electron chi connectivity index (χ0n) is 17.9. The van der Waals surface area contributed by atoms with Crippen LogP contribution in [-0.2, 0) is 17.6 Å².